The van der Waals surface area contributed by atoms with Crippen molar-refractivity contribution in [1.82, 2.24) is 5.01 Å². The highest BCUT2D eigenvalue weighted by Gasteiger charge is 2.07. The van der Waals surface area contributed by atoms with Crippen LogP contribution in [0.1, 0.15) is 6.42 Å². The van der Waals surface area contributed by atoms with Gasteiger partial charge in [-0.05, 0) is 6.08 Å². The SMILES string of the molecule is C=CC[NH+]([O-])CCCN(C)[N+](C)=O. The lowest BCUT2D eigenvalue weighted by atomic mass is 10.4. The zero-order valence-electron chi connectivity index (χ0n) is 8.32. The van der Waals surface area contributed by atoms with Gasteiger partial charge < -0.3 is 10.3 Å². The number of hydrogen-bond acceptors (Lipinski definition) is 2. The summed E-state index contributed by atoms with van der Waals surface area (Å²) in [5.41, 5.74) is 0. The molecule has 1 N–H and O–H groups in total. The van der Waals surface area contributed by atoms with Gasteiger partial charge >= 0.3 is 0 Å². The molecule has 1 atom stereocenters. The van der Waals surface area contributed by atoms with Crippen molar-refractivity contribution in [3.05, 3.63) is 22.8 Å². The van der Waals surface area contributed by atoms with Gasteiger partial charge in [0.1, 0.15) is 4.87 Å². The van der Waals surface area contributed by atoms with Crippen molar-refractivity contribution < 1.29 is 9.93 Å². The Bertz CT molecular complexity index is 173. The smallest absolute Gasteiger partial charge is 0.216 e. The van der Waals surface area contributed by atoms with Crippen LogP contribution < -0.4 is 5.06 Å². The fraction of sp³-hybridized carbons (Fsp3) is 0.750. The molecule has 5 nitrogen and oxygen atoms in total. The standard InChI is InChI=1S/C8H18N3O2/c1-4-6-11(13)8-5-7-9(2)10(3)12/h4,11H,1,5-8H2,2-3H3/q+1. The number of hydroxylamine groups is 2. The van der Waals surface area contributed by atoms with Crippen LogP contribution in [0.3, 0.4) is 0 Å². The number of hydrogen-bond donors (Lipinski definition) is 1. The fourth-order valence-corrected chi connectivity index (χ4v) is 0.909. The van der Waals surface area contributed by atoms with E-state index < -0.39 is 0 Å². The Labute approximate surface area is 78.7 Å². The van der Waals surface area contributed by atoms with E-state index in [9.17, 15) is 10.1 Å². The fourth-order valence-electron chi connectivity index (χ4n) is 0.909. The molecule has 5 heteroatoms. The molecule has 0 heterocycles. The van der Waals surface area contributed by atoms with E-state index in [0.29, 0.717) is 19.6 Å². The van der Waals surface area contributed by atoms with Crippen molar-refractivity contribution in [1.29, 1.82) is 0 Å². The lowest BCUT2D eigenvalue weighted by molar-refractivity contribution is -0.842. The van der Waals surface area contributed by atoms with Crippen LogP contribution in [0.15, 0.2) is 12.7 Å². The van der Waals surface area contributed by atoms with Crippen LogP contribution in [-0.4, -0.2) is 43.6 Å². The van der Waals surface area contributed by atoms with Gasteiger partial charge in [0.2, 0.25) is 7.05 Å². The molecule has 0 saturated heterocycles. The van der Waals surface area contributed by atoms with Crippen LogP contribution in [0, 0.1) is 10.1 Å². The lowest BCUT2D eigenvalue weighted by Crippen LogP contribution is -3.07. The summed E-state index contributed by atoms with van der Waals surface area (Å²) >= 11 is 0. The normalized spacial score (nSPS) is 12.2. The van der Waals surface area contributed by atoms with E-state index in [0.717, 1.165) is 11.3 Å². The Morgan fingerprint density at radius 3 is 2.77 bits per heavy atom. The molecule has 1 unspecified atom stereocenters. The van der Waals surface area contributed by atoms with Crippen molar-refractivity contribution in [2.75, 3.05) is 33.7 Å². The molecule has 13 heavy (non-hydrogen) atoms. The van der Waals surface area contributed by atoms with Gasteiger partial charge in [0.15, 0.2) is 0 Å². The molecule has 0 aliphatic rings. The van der Waals surface area contributed by atoms with E-state index in [-0.39, 0.29) is 5.06 Å². The maximum absolute atomic E-state index is 11.0. The number of nitrogens with zero attached hydrogens (tertiary/aromatic N) is 2. The van der Waals surface area contributed by atoms with Gasteiger partial charge in [0.05, 0.1) is 31.6 Å². The predicted octanol–water partition coefficient (Wildman–Crippen LogP) is -0.799. The minimum Gasteiger partial charge on any atom is -0.634 e. The van der Waals surface area contributed by atoms with Crippen molar-refractivity contribution in [2.24, 2.45) is 0 Å². The Hall–Kier alpha value is -0.940. The quantitative estimate of drug-likeness (QED) is 0.323. The highest BCUT2D eigenvalue weighted by atomic mass is 16.5. The van der Waals surface area contributed by atoms with E-state index in [4.69, 9.17) is 0 Å². The van der Waals surface area contributed by atoms with Crippen LogP contribution in [0.4, 0.5) is 0 Å². The summed E-state index contributed by atoms with van der Waals surface area (Å²) < 4.78 is 0. The molecule has 0 aromatic heterocycles. The molecule has 0 spiro atoms. The first-order valence-electron chi connectivity index (χ1n) is 4.32. The maximum Gasteiger partial charge on any atom is 0.216 e. The van der Waals surface area contributed by atoms with Crippen LogP contribution in [0.25, 0.3) is 0 Å². The Morgan fingerprint density at radius 2 is 2.31 bits per heavy atom. The number of nitrogens with one attached hydrogen (secondary N) is 1. The van der Waals surface area contributed by atoms with Crippen molar-refractivity contribution in [2.45, 2.75) is 6.42 Å². The Morgan fingerprint density at radius 1 is 1.69 bits per heavy atom. The first kappa shape index (κ1) is 12.1. The third-order valence-electron chi connectivity index (χ3n) is 1.79. The highest BCUT2D eigenvalue weighted by molar-refractivity contribution is 4.62. The molecule has 0 aromatic carbocycles. The van der Waals surface area contributed by atoms with Crippen LogP contribution in [0.2, 0.25) is 0 Å². The van der Waals surface area contributed by atoms with Gasteiger partial charge in [-0.15, -0.1) is 5.01 Å². The average molecular weight is 188 g/mol. The predicted molar refractivity (Wildman–Crippen MR) is 51.1 cm³/mol. The first-order valence-corrected chi connectivity index (χ1v) is 4.32. The van der Waals surface area contributed by atoms with Gasteiger partial charge in [0, 0.05) is 6.42 Å². The van der Waals surface area contributed by atoms with Gasteiger partial charge in [-0.1, -0.05) is 6.58 Å². The minimum atomic E-state index is 0.178. The lowest BCUT2D eigenvalue weighted by Gasteiger charge is -2.20. The molecule has 0 aliphatic carbocycles. The monoisotopic (exact) mass is 188 g/mol. The molecule has 0 radical (unpaired) electrons. The average Bonchev–Trinajstić information content (AvgIpc) is 2.04. The van der Waals surface area contributed by atoms with Crippen molar-refractivity contribution in [3.8, 4) is 0 Å². The molecule has 0 bridgehead atoms. The second-order valence-corrected chi connectivity index (χ2v) is 2.98. The van der Waals surface area contributed by atoms with E-state index in [1.165, 1.54) is 12.1 Å². The number of nitroso groups, excluding NO2 is 1. The third kappa shape index (κ3) is 6.24. The molecule has 76 valence electrons. The summed E-state index contributed by atoms with van der Waals surface area (Å²) in [5, 5.41) is 12.7. The van der Waals surface area contributed by atoms with Gasteiger partial charge in [-0.25, -0.2) is 0 Å². The summed E-state index contributed by atoms with van der Waals surface area (Å²) in [6, 6.07) is 0. The number of quaternary nitrogens is 1. The second-order valence-electron chi connectivity index (χ2n) is 2.98. The van der Waals surface area contributed by atoms with Crippen LogP contribution in [0.5, 0.6) is 0 Å². The molecule has 0 rings (SSSR count). The largest absolute Gasteiger partial charge is 0.634 e. The maximum atomic E-state index is 11.0. The van der Waals surface area contributed by atoms with E-state index >= 15 is 0 Å². The molecular formula is C8H18N3O2+. The van der Waals surface area contributed by atoms with Crippen LogP contribution >= 0.6 is 0 Å². The summed E-state index contributed by atoms with van der Waals surface area (Å²) in [6.45, 7) is 5.04. The number of rotatable bonds is 7. The molecule has 0 aliphatic heterocycles. The zero-order valence-corrected chi connectivity index (χ0v) is 8.32. The van der Waals surface area contributed by atoms with E-state index in [1.807, 2.05) is 0 Å². The Balaban J connectivity index is 3.44. The van der Waals surface area contributed by atoms with Crippen molar-refractivity contribution >= 4 is 0 Å². The molecule has 0 aromatic rings. The molecule has 0 amide bonds. The number of hydrazine groups is 1. The summed E-state index contributed by atoms with van der Waals surface area (Å²) in [7, 11) is 3.14. The topological polar surface area (TPSA) is 50.8 Å². The third-order valence-corrected chi connectivity index (χ3v) is 1.79. The summed E-state index contributed by atoms with van der Waals surface area (Å²) in [6.07, 6.45) is 2.32. The zero-order chi connectivity index (χ0) is 10.3. The van der Waals surface area contributed by atoms with Gasteiger partial charge in [0.25, 0.3) is 0 Å². The summed E-state index contributed by atoms with van der Waals surface area (Å²) in [5.74, 6) is 0. The van der Waals surface area contributed by atoms with E-state index in [2.05, 4.69) is 6.58 Å². The highest BCUT2D eigenvalue weighted by Crippen LogP contribution is 1.83. The summed E-state index contributed by atoms with van der Waals surface area (Å²) in [4.78, 5) is 11.4. The first-order chi connectivity index (χ1) is 6.07. The van der Waals surface area contributed by atoms with Crippen molar-refractivity contribution in [3.63, 3.8) is 0 Å². The second kappa shape index (κ2) is 6.56. The minimum absolute atomic E-state index is 0.178. The Kier molecular flexibility index (Phi) is 6.09. The molecular weight excluding hydrogens is 170 g/mol. The van der Waals surface area contributed by atoms with Gasteiger partial charge in [-0.2, -0.15) is 0 Å². The molecule has 0 fully saturated rings. The van der Waals surface area contributed by atoms with E-state index in [1.54, 1.807) is 13.1 Å². The van der Waals surface area contributed by atoms with Gasteiger partial charge in [-0.3, -0.25) is 0 Å². The molecule has 0 saturated carbocycles. The van der Waals surface area contributed by atoms with Crippen LogP contribution in [-0.2, 0) is 0 Å².